The van der Waals surface area contributed by atoms with Gasteiger partial charge in [-0.25, -0.2) is 4.68 Å². The molecule has 0 saturated carbocycles. The van der Waals surface area contributed by atoms with Crippen molar-refractivity contribution in [1.82, 2.24) is 19.7 Å². The Kier molecular flexibility index (Phi) is 4.47. The van der Waals surface area contributed by atoms with Crippen molar-refractivity contribution in [3.63, 3.8) is 0 Å². The fourth-order valence-corrected chi connectivity index (χ4v) is 4.44. The summed E-state index contributed by atoms with van der Waals surface area (Å²) in [5.41, 5.74) is 7.69. The molecule has 2 heterocycles. The summed E-state index contributed by atoms with van der Waals surface area (Å²) >= 11 is 0. The minimum Gasteiger partial charge on any atom is -0.307 e. The second-order valence-electron chi connectivity index (χ2n) is 8.38. The second-order valence-corrected chi connectivity index (χ2v) is 8.38. The van der Waals surface area contributed by atoms with E-state index in [0.717, 1.165) is 60.1 Å². The zero-order valence-corrected chi connectivity index (χ0v) is 17.0. The zero-order valence-electron chi connectivity index (χ0n) is 17.0. The first-order chi connectivity index (χ1) is 14.1. The number of H-pyrrole nitrogens is 1. The number of benzene rings is 1. The van der Waals surface area contributed by atoms with Gasteiger partial charge in [-0.1, -0.05) is 42.5 Å². The minimum atomic E-state index is 0.0550. The van der Waals surface area contributed by atoms with Crippen LogP contribution in [0, 0.1) is 0 Å². The number of hydrogen-bond acceptors (Lipinski definition) is 3. The lowest BCUT2D eigenvalue weighted by Crippen LogP contribution is -2.20. The Morgan fingerprint density at radius 3 is 2.41 bits per heavy atom. The highest BCUT2D eigenvalue weighted by atomic mass is 16.1. The van der Waals surface area contributed by atoms with Crippen LogP contribution in [-0.2, 0) is 25.9 Å². The number of pyridine rings is 1. The Bertz CT molecular complexity index is 1190. The largest absolute Gasteiger partial charge is 0.307 e. The van der Waals surface area contributed by atoms with Crippen LogP contribution in [0.3, 0.4) is 0 Å². The maximum absolute atomic E-state index is 12.8. The van der Waals surface area contributed by atoms with Gasteiger partial charge in [-0.2, -0.15) is 5.10 Å². The third-order valence-corrected chi connectivity index (χ3v) is 5.91. The highest BCUT2D eigenvalue weighted by molar-refractivity contribution is 5.96. The molecule has 5 heteroatoms. The van der Waals surface area contributed by atoms with Gasteiger partial charge in [0.05, 0.1) is 6.54 Å². The first-order valence-electron chi connectivity index (χ1n) is 10.4. The van der Waals surface area contributed by atoms with Crippen molar-refractivity contribution < 1.29 is 0 Å². The van der Waals surface area contributed by atoms with Crippen molar-refractivity contribution in [2.45, 2.75) is 38.8 Å². The Morgan fingerprint density at radius 1 is 1.07 bits per heavy atom. The molecule has 0 fully saturated rings. The van der Waals surface area contributed by atoms with Crippen LogP contribution in [-0.4, -0.2) is 33.8 Å². The summed E-state index contributed by atoms with van der Waals surface area (Å²) in [6, 6.07) is 8.66. The van der Waals surface area contributed by atoms with E-state index in [9.17, 15) is 4.79 Å². The van der Waals surface area contributed by atoms with Gasteiger partial charge in [0.15, 0.2) is 0 Å². The lowest BCUT2D eigenvalue weighted by atomic mass is 9.89. The first-order valence-corrected chi connectivity index (χ1v) is 10.4. The molecule has 0 spiro atoms. The first kappa shape index (κ1) is 18.1. The molecule has 5 nitrogen and oxygen atoms in total. The molecule has 5 rings (SSSR count). The van der Waals surface area contributed by atoms with Crippen LogP contribution >= 0.6 is 0 Å². The van der Waals surface area contributed by atoms with E-state index in [0.29, 0.717) is 6.54 Å². The molecule has 0 aliphatic heterocycles. The number of hydrogen-bond donors (Lipinski definition) is 1. The molecule has 2 aromatic heterocycles. The summed E-state index contributed by atoms with van der Waals surface area (Å²) < 4.78 is 1.97. The molecule has 0 bridgehead atoms. The molecule has 0 saturated heterocycles. The van der Waals surface area contributed by atoms with E-state index in [1.54, 1.807) is 0 Å². The maximum atomic E-state index is 12.8. The summed E-state index contributed by atoms with van der Waals surface area (Å²) in [7, 11) is 4.15. The van der Waals surface area contributed by atoms with E-state index in [2.05, 4.69) is 60.4 Å². The Morgan fingerprint density at radius 2 is 1.76 bits per heavy atom. The number of allylic oxidation sites excluding steroid dienone is 4. The number of fused-ring (bicyclic) bond motifs is 3. The molecule has 0 unspecified atom stereocenters. The quantitative estimate of drug-likeness (QED) is 0.728. The number of aryl methyl sites for hydroxylation is 1. The molecule has 148 valence electrons. The highest BCUT2D eigenvalue weighted by Gasteiger charge is 2.24. The summed E-state index contributed by atoms with van der Waals surface area (Å²) in [5.74, 6) is 0. The Hall–Kier alpha value is -2.92. The van der Waals surface area contributed by atoms with Gasteiger partial charge in [-0.15, -0.1) is 0 Å². The van der Waals surface area contributed by atoms with Crippen LogP contribution in [0.2, 0.25) is 0 Å². The third-order valence-electron chi connectivity index (χ3n) is 5.91. The molecule has 0 radical (unpaired) electrons. The topological polar surface area (TPSA) is 53.9 Å². The predicted molar refractivity (Wildman–Crippen MR) is 117 cm³/mol. The number of aromatic amines is 1. The number of aromatic nitrogens is 3. The standard InChI is InChI=1S/C24H26N4O/c1-27(2)14-16-10-12-17(13-11-16)15-28-23-21(22(26-28)18-6-5-7-18)19-8-3-4-9-20(19)24(29)25-23/h5-7,10-13H,3-4,8-9,14-15H2,1-2H3,(H,25,29). The van der Waals surface area contributed by atoms with Gasteiger partial charge in [-0.05, 0) is 56.5 Å². The summed E-state index contributed by atoms with van der Waals surface area (Å²) in [6.07, 6.45) is 10.3. The summed E-state index contributed by atoms with van der Waals surface area (Å²) in [5, 5.41) is 6.08. The molecule has 1 N–H and O–H groups in total. The van der Waals surface area contributed by atoms with Gasteiger partial charge in [0.2, 0.25) is 0 Å². The van der Waals surface area contributed by atoms with Gasteiger partial charge in [-0.3, -0.25) is 4.79 Å². The van der Waals surface area contributed by atoms with E-state index >= 15 is 0 Å². The van der Waals surface area contributed by atoms with Gasteiger partial charge >= 0.3 is 0 Å². The summed E-state index contributed by atoms with van der Waals surface area (Å²) in [6.45, 7) is 1.57. The van der Waals surface area contributed by atoms with Crippen molar-refractivity contribution in [2.75, 3.05) is 14.1 Å². The van der Waals surface area contributed by atoms with Crippen molar-refractivity contribution >= 4 is 16.6 Å². The highest BCUT2D eigenvalue weighted by Crippen LogP contribution is 2.33. The normalized spacial score (nSPS) is 15.5. The van der Waals surface area contributed by atoms with Crippen LogP contribution in [0.4, 0.5) is 0 Å². The average Bonchev–Trinajstić information content (AvgIpc) is 3.00. The van der Waals surface area contributed by atoms with Crippen LogP contribution < -0.4 is 5.56 Å². The second kappa shape index (κ2) is 7.16. The summed E-state index contributed by atoms with van der Waals surface area (Å²) in [4.78, 5) is 18.1. The molecule has 29 heavy (non-hydrogen) atoms. The predicted octanol–water partition coefficient (Wildman–Crippen LogP) is 3.67. The molecule has 3 aromatic rings. The Balaban J connectivity index is 1.59. The molecule has 0 amide bonds. The zero-order chi connectivity index (χ0) is 20.0. The average molecular weight is 386 g/mol. The molecule has 0 atom stereocenters. The number of nitrogens with one attached hydrogen (secondary N) is 1. The van der Waals surface area contributed by atoms with Gasteiger partial charge in [0, 0.05) is 23.1 Å². The van der Waals surface area contributed by atoms with Gasteiger partial charge in [0.1, 0.15) is 11.3 Å². The molecule has 2 aliphatic rings. The van der Waals surface area contributed by atoms with Crippen LogP contribution in [0.5, 0.6) is 0 Å². The van der Waals surface area contributed by atoms with Gasteiger partial charge in [0.25, 0.3) is 5.56 Å². The van der Waals surface area contributed by atoms with Crippen molar-refractivity contribution in [2.24, 2.45) is 0 Å². The lowest BCUT2D eigenvalue weighted by Gasteiger charge is -2.16. The third kappa shape index (κ3) is 3.25. The monoisotopic (exact) mass is 386 g/mol. The molecular formula is C24H26N4O. The van der Waals surface area contributed by atoms with E-state index in [4.69, 9.17) is 5.10 Å². The van der Waals surface area contributed by atoms with Crippen molar-refractivity contribution in [1.29, 1.82) is 0 Å². The fraction of sp³-hybridized carbons (Fsp3) is 0.333. The smallest absolute Gasteiger partial charge is 0.253 e. The van der Waals surface area contributed by atoms with Crippen molar-refractivity contribution in [3.05, 3.63) is 80.8 Å². The van der Waals surface area contributed by atoms with E-state index in [1.165, 1.54) is 16.7 Å². The maximum Gasteiger partial charge on any atom is 0.253 e. The fourth-order valence-electron chi connectivity index (χ4n) is 4.44. The van der Waals surface area contributed by atoms with Crippen LogP contribution in [0.15, 0.2) is 47.3 Å². The van der Waals surface area contributed by atoms with E-state index in [-0.39, 0.29) is 5.56 Å². The van der Waals surface area contributed by atoms with E-state index in [1.807, 2.05) is 10.8 Å². The van der Waals surface area contributed by atoms with Gasteiger partial charge < -0.3 is 9.88 Å². The number of rotatable bonds is 5. The number of nitrogens with zero attached hydrogens (tertiary/aromatic N) is 3. The minimum absolute atomic E-state index is 0.0550. The molecule has 1 aromatic carbocycles. The van der Waals surface area contributed by atoms with E-state index < -0.39 is 0 Å². The van der Waals surface area contributed by atoms with Crippen molar-refractivity contribution in [3.8, 4) is 0 Å². The Labute approximate surface area is 170 Å². The molecular weight excluding hydrogens is 360 g/mol. The lowest BCUT2D eigenvalue weighted by molar-refractivity contribution is 0.402. The van der Waals surface area contributed by atoms with Crippen LogP contribution in [0.1, 0.15) is 40.8 Å². The van der Waals surface area contributed by atoms with Crippen LogP contribution in [0.25, 0.3) is 16.6 Å². The molecule has 2 aliphatic carbocycles. The SMILES string of the molecule is CN(C)Cc1ccc(Cn2nc(C3=CC=C3)c3c4c(c(=O)[nH]c32)CCCC4)cc1.